The zero-order valence-corrected chi connectivity index (χ0v) is 19.0. The van der Waals surface area contributed by atoms with E-state index in [0.29, 0.717) is 12.5 Å². The normalized spacial score (nSPS) is 23.6. The highest BCUT2D eigenvalue weighted by atomic mass is 32.1. The fraction of sp³-hybridized carbons (Fsp3) is 0.571. The van der Waals surface area contributed by atoms with E-state index in [2.05, 4.69) is 37.9 Å². The zero-order chi connectivity index (χ0) is 23.9. The Morgan fingerprint density at radius 3 is 2.79 bits per heavy atom. The molecule has 2 aromatic heterocycles. The number of carboxylic acids is 1. The molecule has 0 amide bonds. The molecule has 2 atom stereocenters. The number of anilines is 1. The lowest BCUT2D eigenvalue weighted by Crippen LogP contribution is -2.43. The van der Waals surface area contributed by atoms with Crippen LogP contribution in [0.5, 0.6) is 0 Å². The highest BCUT2D eigenvalue weighted by Gasteiger charge is 2.43. The quantitative estimate of drug-likeness (QED) is 0.663. The van der Waals surface area contributed by atoms with Crippen molar-refractivity contribution in [3.63, 3.8) is 0 Å². The standard InChI is InChI=1S/C19H26N4O2S.C2HF3O2/c1-15-4-5-18(22-21-15)20-10-16-9-19(25-12-16)13-23(6-7-24-14-19)11-17-3-2-8-26-17;3-2(4,5)1(6)7/h2-5,8,16H,6-7,9-14H2,1H3,(H,20,22);(H,6,7). The van der Waals surface area contributed by atoms with E-state index >= 15 is 0 Å². The van der Waals surface area contributed by atoms with Gasteiger partial charge in [-0.1, -0.05) is 6.07 Å². The summed E-state index contributed by atoms with van der Waals surface area (Å²) in [5.41, 5.74) is 0.749. The Labute approximate surface area is 193 Å². The average molecular weight is 489 g/mol. The van der Waals surface area contributed by atoms with Crippen LogP contribution >= 0.6 is 11.3 Å². The van der Waals surface area contributed by atoms with Gasteiger partial charge in [0.25, 0.3) is 0 Å². The molecule has 0 bridgehead atoms. The molecule has 4 heterocycles. The molecule has 0 aromatic carbocycles. The SMILES string of the molecule is Cc1ccc(NCC2COC3(COCCN(Cc4cccs4)C3)C2)nn1.O=C(O)C(F)(F)F. The number of nitrogens with one attached hydrogen (secondary N) is 1. The van der Waals surface area contributed by atoms with Gasteiger partial charge in [0.1, 0.15) is 11.4 Å². The first kappa shape index (κ1) is 25.3. The third-order valence-corrected chi connectivity index (χ3v) is 6.15. The van der Waals surface area contributed by atoms with Crippen molar-refractivity contribution >= 4 is 23.1 Å². The van der Waals surface area contributed by atoms with Gasteiger partial charge in [-0.2, -0.15) is 18.3 Å². The second-order valence-corrected chi connectivity index (χ2v) is 9.18. The summed E-state index contributed by atoms with van der Waals surface area (Å²) in [6, 6.07) is 8.27. The lowest BCUT2D eigenvalue weighted by Gasteiger charge is -2.31. The maximum Gasteiger partial charge on any atom is 0.490 e. The largest absolute Gasteiger partial charge is 0.490 e. The van der Waals surface area contributed by atoms with E-state index in [1.807, 2.05) is 30.4 Å². The highest BCUT2D eigenvalue weighted by molar-refractivity contribution is 7.09. The summed E-state index contributed by atoms with van der Waals surface area (Å²) in [7, 11) is 0. The van der Waals surface area contributed by atoms with E-state index in [4.69, 9.17) is 19.4 Å². The summed E-state index contributed by atoms with van der Waals surface area (Å²) in [6.07, 6.45) is -4.07. The van der Waals surface area contributed by atoms with Crippen LogP contribution in [0, 0.1) is 12.8 Å². The maximum atomic E-state index is 10.6. The van der Waals surface area contributed by atoms with Crippen molar-refractivity contribution in [2.75, 3.05) is 44.8 Å². The van der Waals surface area contributed by atoms with E-state index in [0.717, 1.165) is 57.3 Å². The van der Waals surface area contributed by atoms with E-state index in [1.165, 1.54) is 4.88 Å². The Kier molecular flexibility index (Phi) is 8.63. The monoisotopic (exact) mass is 488 g/mol. The van der Waals surface area contributed by atoms with Crippen LogP contribution in [-0.4, -0.2) is 77.4 Å². The molecule has 33 heavy (non-hydrogen) atoms. The molecule has 4 rings (SSSR count). The van der Waals surface area contributed by atoms with Gasteiger partial charge in [-0.25, -0.2) is 4.79 Å². The van der Waals surface area contributed by atoms with Crippen LogP contribution in [0.3, 0.4) is 0 Å². The van der Waals surface area contributed by atoms with Crippen LogP contribution in [0.2, 0.25) is 0 Å². The number of halogens is 3. The molecule has 1 spiro atoms. The molecule has 0 saturated carbocycles. The molecule has 2 aliphatic heterocycles. The number of aliphatic carboxylic acids is 1. The topological polar surface area (TPSA) is 96.8 Å². The predicted octanol–water partition coefficient (Wildman–Crippen LogP) is 3.20. The first-order valence-electron chi connectivity index (χ1n) is 10.5. The van der Waals surface area contributed by atoms with Gasteiger partial charge < -0.3 is 19.9 Å². The molecule has 0 radical (unpaired) electrons. The maximum absolute atomic E-state index is 10.6. The number of nitrogens with zero attached hydrogens (tertiary/aromatic N) is 3. The molecule has 8 nitrogen and oxygen atoms in total. The van der Waals surface area contributed by atoms with Crippen molar-refractivity contribution in [2.24, 2.45) is 5.92 Å². The number of ether oxygens (including phenoxy) is 2. The van der Waals surface area contributed by atoms with Gasteiger partial charge in [-0.05, 0) is 36.9 Å². The minimum absolute atomic E-state index is 0.181. The summed E-state index contributed by atoms with van der Waals surface area (Å²) in [4.78, 5) is 12.8. The smallest absolute Gasteiger partial charge is 0.475 e. The van der Waals surface area contributed by atoms with Gasteiger partial charge in [-0.3, -0.25) is 4.90 Å². The highest BCUT2D eigenvalue weighted by Crippen LogP contribution is 2.33. The molecular formula is C21H27F3N4O4S. The average Bonchev–Trinajstić information content (AvgIpc) is 3.36. The number of carboxylic acid groups (broad SMARTS) is 1. The minimum atomic E-state index is -5.08. The molecule has 2 N–H and O–H groups in total. The molecule has 12 heteroatoms. The minimum Gasteiger partial charge on any atom is -0.475 e. The number of rotatable bonds is 5. The van der Waals surface area contributed by atoms with Crippen molar-refractivity contribution in [3.05, 3.63) is 40.2 Å². The van der Waals surface area contributed by atoms with Gasteiger partial charge in [0.05, 0.1) is 25.5 Å². The number of carbonyl (C=O) groups is 1. The van der Waals surface area contributed by atoms with Crippen molar-refractivity contribution in [3.8, 4) is 0 Å². The lowest BCUT2D eigenvalue weighted by atomic mass is 9.94. The third kappa shape index (κ3) is 7.91. The summed E-state index contributed by atoms with van der Waals surface area (Å²) in [6.45, 7) is 7.91. The summed E-state index contributed by atoms with van der Waals surface area (Å²) in [5, 5.41) is 20.9. The Balaban J connectivity index is 0.000000383. The van der Waals surface area contributed by atoms with E-state index in [1.54, 1.807) is 0 Å². The Morgan fingerprint density at radius 2 is 2.15 bits per heavy atom. The molecule has 2 fully saturated rings. The Bertz CT molecular complexity index is 883. The van der Waals surface area contributed by atoms with Crippen molar-refractivity contribution in [1.82, 2.24) is 15.1 Å². The van der Waals surface area contributed by atoms with Gasteiger partial charge in [-0.15, -0.1) is 16.4 Å². The molecule has 2 aliphatic rings. The number of aromatic nitrogens is 2. The summed E-state index contributed by atoms with van der Waals surface area (Å²) >= 11 is 1.82. The van der Waals surface area contributed by atoms with Crippen LogP contribution in [0.4, 0.5) is 19.0 Å². The van der Waals surface area contributed by atoms with E-state index in [9.17, 15) is 13.2 Å². The van der Waals surface area contributed by atoms with Crippen LogP contribution in [-0.2, 0) is 20.8 Å². The second kappa shape index (κ2) is 11.2. The molecule has 2 saturated heterocycles. The van der Waals surface area contributed by atoms with Crippen LogP contribution < -0.4 is 5.32 Å². The number of hydrogen-bond donors (Lipinski definition) is 2. The molecule has 182 valence electrons. The first-order valence-corrected chi connectivity index (χ1v) is 11.3. The Hall–Kier alpha value is -2.28. The number of thiophene rings is 1. The third-order valence-electron chi connectivity index (χ3n) is 5.29. The van der Waals surface area contributed by atoms with E-state index < -0.39 is 12.1 Å². The molecule has 2 aromatic rings. The number of hydrogen-bond acceptors (Lipinski definition) is 8. The zero-order valence-electron chi connectivity index (χ0n) is 18.2. The molecule has 0 aliphatic carbocycles. The van der Waals surface area contributed by atoms with Crippen LogP contribution in [0.1, 0.15) is 17.0 Å². The van der Waals surface area contributed by atoms with Gasteiger partial charge in [0.2, 0.25) is 0 Å². The summed E-state index contributed by atoms with van der Waals surface area (Å²) < 4.78 is 43.9. The molecular weight excluding hydrogens is 461 g/mol. The van der Waals surface area contributed by atoms with Gasteiger partial charge in [0, 0.05) is 37.0 Å². The van der Waals surface area contributed by atoms with Crippen LogP contribution in [0.25, 0.3) is 0 Å². The first-order chi connectivity index (χ1) is 15.7. The van der Waals surface area contributed by atoms with Gasteiger partial charge in [0.15, 0.2) is 0 Å². The van der Waals surface area contributed by atoms with Gasteiger partial charge >= 0.3 is 12.1 Å². The fourth-order valence-corrected chi connectivity index (χ4v) is 4.51. The van der Waals surface area contributed by atoms with E-state index in [-0.39, 0.29) is 5.60 Å². The number of aryl methyl sites for hydroxylation is 1. The number of alkyl halides is 3. The fourth-order valence-electron chi connectivity index (χ4n) is 3.76. The Morgan fingerprint density at radius 1 is 1.36 bits per heavy atom. The molecule has 2 unspecified atom stereocenters. The second-order valence-electron chi connectivity index (χ2n) is 8.15. The van der Waals surface area contributed by atoms with Crippen LogP contribution in [0.15, 0.2) is 29.6 Å². The van der Waals surface area contributed by atoms with Crippen molar-refractivity contribution in [2.45, 2.75) is 31.7 Å². The predicted molar refractivity (Wildman–Crippen MR) is 116 cm³/mol. The van der Waals surface area contributed by atoms with Crippen molar-refractivity contribution in [1.29, 1.82) is 0 Å². The lowest BCUT2D eigenvalue weighted by molar-refractivity contribution is -0.192. The summed E-state index contributed by atoms with van der Waals surface area (Å²) in [5.74, 6) is -1.47. The van der Waals surface area contributed by atoms with Crippen molar-refractivity contribution < 1.29 is 32.5 Å².